The molecule has 1 aliphatic rings. The van der Waals surface area contributed by atoms with E-state index in [-0.39, 0.29) is 6.42 Å². The zero-order chi connectivity index (χ0) is 7.56. The normalized spacial score (nSPS) is 24.0. The lowest BCUT2D eigenvalue weighted by molar-refractivity contribution is -0.161. The molecule has 1 atom stereocenters. The van der Waals surface area contributed by atoms with E-state index < -0.39 is 18.0 Å². The number of hydrogen-bond acceptors (Lipinski definition) is 3. The Morgan fingerprint density at radius 3 is 2.90 bits per heavy atom. The molecule has 1 rings (SSSR count). The molecule has 0 radical (unpaired) electrons. The summed E-state index contributed by atoms with van der Waals surface area (Å²) >= 11 is 0. The van der Waals surface area contributed by atoms with Crippen LogP contribution in [0.5, 0.6) is 0 Å². The van der Waals surface area contributed by atoms with Crippen LogP contribution in [0.3, 0.4) is 0 Å². The van der Waals surface area contributed by atoms with Crippen LogP contribution in [-0.4, -0.2) is 23.1 Å². The summed E-state index contributed by atoms with van der Waals surface area (Å²) in [6.45, 7) is 0. The molecule has 0 fully saturated rings. The van der Waals surface area contributed by atoms with E-state index in [2.05, 4.69) is 4.74 Å². The molecule has 0 saturated heterocycles. The minimum atomic E-state index is -1.10. The van der Waals surface area contributed by atoms with Gasteiger partial charge in [-0.25, -0.2) is 9.59 Å². The largest absolute Gasteiger partial charge is 0.478 e. The van der Waals surface area contributed by atoms with Crippen LogP contribution in [0.2, 0.25) is 0 Å². The molecule has 0 saturated carbocycles. The van der Waals surface area contributed by atoms with Gasteiger partial charge in [-0.2, -0.15) is 0 Å². The third kappa shape index (κ3) is 1.34. The molecule has 0 spiro atoms. The van der Waals surface area contributed by atoms with Gasteiger partial charge in [0.05, 0.1) is 0 Å². The summed E-state index contributed by atoms with van der Waals surface area (Å²) in [6, 6.07) is 0. The van der Waals surface area contributed by atoms with Crippen LogP contribution in [0, 0.1) is 0 Å². The van der Waals surface area contributed by atoms with Crippen molar-refractivity contribution in [1.29, 1.82) is 0 Å². The Labute approximate surface area is 57.1 Å². The first-order valence-electron chi connectivity index (χ1n) is 2.80. The SMILES string of the molecule is O=C1C=CCC(C(=O)O)O1. The number of esters is 1. The van der Waals surface area contributed by atoms with E-state index in [0.29, 0.717) is 0 Å². The van der Waals surface area contributed by atoms with Crippen LogP contribution < -0.4 is 0 Å². The minimum Gasteiger partial charge on any atom is -0.478 e. The maximum Gasteiger partial charge on any atom is 0.345 e. The second-order valence-electron chi connectivity index (χ2n) is 1.90. The molecule has 0 bridgehead atoms. The van der Waals surface area contributed by atoms with E-state index in [0.717, 1.165) is 0 Å². The first-order chi connectivity index (χ1) is 4.70. The fraction of sp³-hybridized carbons (Fsp3) is 0.333. The Morgan fingerprint density at radius 2 is 2.50 bits per heavy atom. The summed E-state index contributed by atoms with van der Waals surface area (Å²) in [4.78, 5) is 20.6. The second-order valence-corrected chi connectivity index (χ2v) is 1.90. The molecule has 0 aliphatic carbocycles. The number of carboxylic acids is 1. The molecule has 0 aromatic heterocycles. The maximum atomic E-state index is 10.4. The maximum absolute atomic E-state index is 10.4. The topological polar surface area (TPSA) is 63.6 Å². The van der Waals surface area contributed by atoms with Crippen molar-refractivity contribution < 1.29 is 19.4 Å². The van der Waals surface area contributed by atoms with Crippen molar-refractivity contribution in [3.8, 4) is 0 Å². The van der Waals surface area contributed by atoms with Gasteiger partial charge < -0.3 is 9.84 Å². The second kappa shape index (κ2) is 2.51. The molecule has 1 N–H and O–H groups in total. The van der Waals surface area contributed by atoms with Crippen LogP contribution in [0.25, 0.3) is 0 Å². The van der Waals surface area contributed by atoms with E-state index >= 15 is 0 Å². The zero-order valence-electron chi connectivity index (χ0n) is 5.11. The summed E-state index contributed by atoms with van der Waals surface area (Å²) in [5, 5.41) is 8.34. The molecule has 4 nitrogen and oxygen atoms in total. The first-order valence-corrected chi connectivity index (χ1v) is 2.80. The van der Waals surface area contributed by atoms with Crippen LogP contribution >= 0.6 is 0 Å². The molecular formula is C6H6O4. The Bertz CT molecular complexity index is 194. The van der Waals surface area contributed by atoms with Gasteiger partial charge in [0.1, 0.15) is 0 Å². The zero-order valence-corrected chi connectivity index (χ0v) is 5.11. The fourth-order valence-electron chi connectivity index (χ4n) is 0.667. The summed E-state index contributed by atoms with van der Waals surface area (Å²) in [7, 11) is 0. The third-order valence-corrected chi connectivity index (χ3v) is 1.14. The Hall–Kier alpha value is -1.32. The number of ether oxygens (including phenoxy) is 1. The number of carbonyl (C=O) groups excluding carboxylic acids is 1. The predicted molar refractivity (Wildman–Crippen MR) is 31.3 cm³/mol. The van der Waals surface area contributed by atoms with Crippen molar-refractivity contribution in [1.82, 2.24) is 0 Å². The Morgan fingerprint density at radius 1 is 1.80 bits per heavy atom. The highest BCUT2D eigenvalue weighted by Crippen LogP contribution is 2.06. The number of carboxylic acid groups (broad SMARTS) is 1. The molecule has 1 unspecified atom stereocenters. The van der Waals surface area contributed by atoms with Crippen LogP contribution in [0.4, 0.5) is 0 Å². The molecule has 0 aromatic rings. The van der Waals surface area contributed by atoms with Crippen LogP contribution in [-0.2, 0) is 14.3 Å². The smallest absolute Gasteiger partial charge is 0.345 e. The molecule has 1 aliphatic heterocycles. The average Bonchev–Trinajstić information content (AvgIpc) is 1.88. The third-order valence-electron chi connectivity index (χ3n) is 1.14. The summed E-state index contributed by atoms with van der Waals surface area (Å²) in [5.74, 6) is -1.68. The number of aliphatic carboxylic acids is 1. The predicted octanol–water partition coefficient (Wildman–Crippen LogP) is -0.0573. The molecular weight excluding hydrogens is 136 g/mol. The van der Waals surface area contributed by atoms with Gasteiger partial charge in [-0.3, -0.25) is 0 Å². The lowest BCUT2D eigenvalue weighted by Crippen LogP contribution is -2.27. The van der Waals surface area contributed by atoms with Gasteiger partial charge in [0, 0.05) is 12.5 Å². The van der Waals surface area contributed by atoms with Crippen LogP contribution in [0.1, 0.15) is 6.42 Å². The number of hydrogen-bond donors (Lipinski definition) is 1. The highest BCUT2D eigenvalue weighted by Gasteiger charge is 2.22. The van der Waals surface area contributed by atoms with E-state index in [1.165, 1.54) is 12.2 Å². The lowest BCUT2D eigenvalue weighted by Gasteiger charge is -2.13. The molecule has 4 heteroatoms. The number of cyclic esters (lactones) is 1. The molecule has 1 heterocycles. The highest BCUT2D eigenvalue weighted by atomic mass is 16.6. The van der Waals surface area contributed by atoms with Gasteiger partial charge in [-0.15, -0.1) is 0 Å². The summed E-state index contributed by atoms with van der Waals surface area (Å²) < 4.78 is 4.42. The number of carbonyl (C=O) groups is 2. The summed E-state index contributed by atoms with van der Waals surface area (Å²) in [5.41, 5.74) is 0. The van der Waals surface area contributed by atoms with Gasteiger partial charge in [0.15, 0.2) is 0 Å². The Kier molecular flexibility index (Phi) is 1.71. The van der Waals surface area contributed by atoms with Gasteiger partial charge >= 0.3 is 11.9 Å². The van der Waals surface area contributed by atoms with Crippen molar-refractivity contribution in [2.24, 2.45) is 0 Å². The molecule has 0 amide bonds. The quantitative estimate of drug-likeness (QED) is 0.521. The standard InChI is InChI=1S/C6H6O4/c7-5-3-1-2-4(10-5)6(8)9/h1,3-4H,2H2,(H,8,9). The monoisotopic (exact) mass is 142 g/mol. The van der Waals surface area contributed by atoms with Crippen molar-refractivity contribution in [3.63, 3.8) is 0 Å². The minimum absolute atomic E-state index is 0.265. The Balaban J connectivity index is 2.60. The van der Waals surface area contributed by atoms with E-state index in [1.807, 2.05) is 0 Å². The van der Waals surface area contributed by atoms with Crippen molar-refractivity contribution in [3.05, 3.63) is 12.2 Å². The van der Waals surface area contributed by atoms with E-state index in [4.69, 9.17) is 5.11 Å². The van der Waals surface area contributed by atoms with E-state index in [1.54, 1.807) is 0 Å². The van der Waals surface area contributed by atoms with Gasteiger partial charge in [-0.1, -0.05) is 6.08 Å². The highest BCUT2D eigenvalue weighted by molar-refractivity contribution is 5.86. The van der Waals surface area contributed by atoms with Crippen molar-refractivity contribution >= 4 is 11.9 Å². The van der Waals surface area contributed by atoms with Crippen molar-refractivity contribution in [2.75, 3.05) is 0 Å². The molecule has 0 aromatic carbocycles. The van der Waals surface area contributed by atoms with E-state index in [9.17, 15) is 9.59 Å². The van der Waals surface area contributed by atoms with Crippen LogP contribution in [0.15, 0.2) is 12.2 Å². The van der Waals surface area contributed by atoms with Gasteiger partial charge in [0.2, 0.25) is 6.10 Å². The van der Waals surface area contributed by atoms with Gasteiger partial charge in [-0.05, 0) is 0 Å². The summed E-state index contributed by atoms with van der Waals surface area (Å²) in [6.07, 6.45) is 1.99. The average molecular weight is 142 g/mol. The number of rotatable bonds is 1. The van der Waals surface area contributed by atoms with Crippen molar-refractivity contribution in [2.45, 2.75) is 12.5 Å². The fourth-order valence-corrected chi connectivity index (χ4v) is 0.667. The first kappa shape index (κ1) is 6.80. The molecule has 10 heavy (non-hydrogen) atoms. The van der Waals surface area contributed by atoms with Gasteiger partial charge in [0.25, 0.3) is 0 Å². The lowest BCUT2D eigenvalue weighted by atomic mass is 10.2. The molecule has 54 valence electrons.